The number of nitrogens with zero attached hydrogens (tertiary/aromatic N) is 2. The van der Waals surface area contributed by atoms with E-state index in [0.717, 1.165) is 31.2 Å². The molecular formula is C10H14N2O. The summed E-state index contributed by atoms with van der Waals surface area (Å²) >= 11 is 0. The molecule has 0 unspecified atom stereocenters. The Morgan fingerprint density at radius 2 is 2.46 bits per heavy atom. The third-order valence-corrected chi connectivity index (χ3v) is 3.05. The molecule has 0 radical (unpaired) electrons. The van der Waals surface area contributed by atoms with Crippen LogP contribution in [0.3, 0.4) is 0 Å². The second-order valence-corrected chi connectivity index (χ2v) is 4.01. The molecule has 0 bridgehead atoms. The Kier molecular flexibility index (Phi) is 1.94. The number of hydrogen-bond donors (Lipinski definition) is 0. The Bertz CT molecular complexity index is 312. The van der Waals surface area contributed by atoms with E-state index >= 15 is 0 Å². The number of aldehydes is 1. The summed E-state index contributed by atoms with van der Waals surface area (Å²) in [5.41, 5.74) is 1.10. The summed E-state index contributed by atoms with van der Waals surface area (Å²) in [6.07, 6.45) is 8.90. The molecule has 1 saturated carbocycles. The number of carbonyl (C=O) groups excluding carboxylic acids is 1. The first kappa shape index (κ1) is 8.48. The van der Waals surface area contributed by atoms with E-state index in [2.05, 4.69) is 4.98 Å². The van der Waals surface area contributed by atoms with E-state index in [1.165, 1.54) is 6.42 Å². The maximum absolute atomic E-state index is 10.9. The van der Waals surface area contributed by atoms with Crippen LogP contribution in [0, 0.1) is 5.41 Å². The summed E-state index contributed by atoms with van der Waals surface area (Å²) < 4.78 is 1.99. The summed E-state index contributed by atoms with van der Waals surface area (Å²) in [5.74, 6) is 0. The molecule has 1 aromatic heterocycles. The molecule has 0 spiro atoms. The van der Waals surface area contributed by atoms with Crippen molar-refractivity contribution in [2.45, 2.75) is 25.7 Å². The summed E-state index contributed by atoms with van der Waals surface area (Å²) in [4.78, 5) is 15.0. The van der Waals surface area contributed by atoms with Gasteiger partial charge in [-0.05, 0) is 12.8 Å². The van der Waals surface area contributed by atoms with E-state index in [1.54, 1.807) is 6.33 Å². The van der Waals surface area contributed by atoms with Crippen LogP contribution < -0.4 is 0 Å². The minimum absolute atomic E-state index is 0.0617. The predicted octanol–water partition coefficient (Wildman–Crippen LogP) is 1.33. The minimum Gasteiger partial charge on any atom is -0.338 e. The lowest BCUT2D eigenvalue weighted by atomic mass is 9.67. The predicted molar refractivity (Wildman–Crippen MR) is 49.3 cm³/mol. The Morgan fingerprint density at radius 3 is 2.85 bits per heavy atom. The number of aromatic nitrogens is 2. The van der Waals surface area contributed by atoms with Gasteiger partial charge in [-0.1, -0.05) is 6.42 Å². The average molecular weight is 178 g/mol. The van der Waals surface area contributed by atoms with Crippen molar-refractivity contribution in [3.63, 3.8) is 0 Å². The third-order valence-electron chi connectivity index (χ3n) is 3.05. The molecule has 1 aliphatic rings. The second kappa shape index (κ2) is 2.98. The molecule has 1 fully saturated rings. The van der Waals surface area contributed by atoms with Crippen LogP contribution in [0.15, 0.2) is 12.5 Å². The molecule has 1 aromatic rings. The summed E-state index contributed by atoms with van der Waals surface area (Å²) in [5, 5.41) is 0. The van der Waals surface area contributed by atoms with Crippen molar-refractivity contribution < 1.29 is 4.79 Å². The summed E-state index contributed by atoms with van der Waals surface area (Å²) in [6.45, 7) is 0. The van der Waals surface area contributed by atoms with Crippen LogP contribution >= 0.6 is 0 Å². The molecule has 70 valence electrons. The van der Waals surface area contributed by atoms with Crippen LogP contribution in [0.1, 0.15) is 25.0 Å². The summed E-state index contributed by atoms with van der Waals surface area (Å²) in [7, 11) is 1.97. The Balaban J connectivity index is 2.13. The van der Waals surface area contributed by atoms with E-state index in [9.17, 15) is 4.79 Å². The van der Waals surface area contributed by atoms with E-state index in [4.69, 9.17) is 0 Å². The van der Waals surface area contributed by atoms with Gasteiger partial charge in [0.1, 0.15) is 6.29 Å². The van der Waals surface area contributed by atoms with E-state index in [0.29, 0.717) is 0 Å². The van der Waals surface area contributed by atoms with Gasteiger partial charge < -0.3 is 9.36 Å². The van der Waals surface area contributed by atoms with Gasteiger partial charge >= 0.3 is 0 Å². The van der Waals surface area contributed by atoms with Crippen LogP contribution in [-0.4, -0.2) is 15.8 Å². The zero-order chi connectivity index (χ0) is 9.31. The zero-order valence-corrected chi connectivity index (χ0v) is 7.86. The molecule has 0 amide bonds. The minimum atomic E-state index is -0.0617. The van der Waals surface area contributed by atoms with Gasteiger partial charge in [-0.15, -0.1) is 0 Å². The molecule has 0 N–H and O–H groups in total. The van der Waals surface area contributed by atoms with Crippen molar-refractivity contribution in [2.75, 3.05) is 0 Å². The zero-order valence-electron chi connectivity index (χ0n) is 7.86. The van der Waals surface area contributed by atoms with Gasteiger partial charge in [0, 0.05) is 30.8 Å². The number of imidazole rings is 1. The Hall–Kier alpha value is -1.12. The third kappa shape index (κ3) is 1.39. The highest BCUT2D eigenvalue weighted by atomic mass is 16.1. The molecule has 3 nitrogen and oxygen atoms in total. The normalized spacial score (nSPS) is 19.5. The van der Waals surface area contributed by atoms with Gasteiger partial charge in [0.15, 0.2) is 0 Å². The van der Waals surface area contributed by atoms with E-state index in [1.807, 2.05) is 17.8 Å². The number of carbonyl (C=O) groups is 1. The van der Waals surface area contributed by atoms with Gasteiger partial charge in [0.05, 0.1) is 6.33 Å². The Labute approximate surface area is 77.8 Å². The highest BCUT2D eigenvalue weighted by Crippen LogP contribution is 2.41. The molecule has 13 heavy (non-hydrogen) atoms. The van der Waals surface area contributed by atoms with Gasteiger partial charge in [-0.3, -0.25) is 0 Å². The first-order chi connectivity index (χ1) is 6.26. The first-order valence-corrected chi connectivity index (χ1v) is 4.67. The average Bonchev–Trinajstić information content (AvgIpc) is 2.44. The van der Waals surface area contributed by atoms with Crippen LogP contribution in [-0.2, 0) is 18.3 Å². The molecule has 0 aliphatic heterocycles. The molecule has 1 aliphatic carbocycles. The number of hydrogen-bond acceptors (Lipinski definition) is 2. The van der Waals surface area contributed by atoms with Crippen LogP contribution in [0.5, 0.6) is 0 Å². The van der Waals surface area contributed by atoms with Crippen LogP contribution in [0.4, 0.5) is 0 Å². The van der Waals surface area contributed by atoms with Gasteiger partial charge in [-0.25, -0.2) is 4.98 Å². The lowest BCUT2D eigenvalue weighted by Gasteiger charge is -2.36. The molecule has 1 heterocycles. The van der Waals surface area contributed by atoms with Gasteiger partial charge in [-0.2, -0.15) is 0 Å². The fraction of sp³-hybridized carbons (Fsp3) is 0.600. The van der Waals surface area contributed by atoms with Crippen molar-refractivity contribution in [3.8, 4) is 0 Å². The smallest absolute Gasteiger partial charge is 0.126 e. The van der Waals surface area contributed by atoms with Gasteiger partial charge in [0.25, 0.3) is 0 Å². The highest BCUT2D eigenvalue weighted by molar-refractivity contribution is 5.61. The molecule has 0 aromatic carbocycles. The van der Waals surface area contributed by atoms with Crippen molar-refractivity contribution in [2.24, 2.45) is 12.5 Å². The lowest BCUT2D eigenvalue weighted by Crippen LogP contribution is -2.33. The van der Waals surface area contributed by atoms with Crippen LogP contribution in [0.25, 0.3) is 0 Å². The van der Waals surface area contributed by atoms with Crippen molar-refractivity contribution in [1.29, 1.82) is 0 Å². The fourth-order valence-electron chi connectivity index (χ4n) is 1.88. The van der Waals surface area contributed by atoms with Gasteiger partial charge in [0.2, 0.25) is 0 Å². The molecule has 0 atom stereocenters. The second-order valence-electron chi connectivity index (χ2n) is 4.01. The topological polar surface area (TPSA) is 34.9 Å². The van der Waals surface area contributed by atoms with E-state index < -0.39 is 0 Å². The molecule has 2 rings (SSSR count). The Morgan fingerprint density at radius 1 is 1.69 bits per heavy atom. The maximum Gasteiger partial charge on any atom is 0.126 e. The lowest BCUT2D eigenvalue weighted by molar-refractivity contribution is -0.120. The van der Waals surface area contributed by atoms with Crippen molar-refractivity contribution >= 4 is 6.29 Å². The first-order valence-electron chi connectivity index (χ1n) is 4.67. The maximum atomic E-state index is 10.9. The van der Waals surface area contributed by atoms with Crippen LogP contribution in [0.2, 0.25) is 0 Å². The van der Waals surface area contributed by atoms with Crippen molar-refractivity contribution in [3.05, 3.63) is 18.2 Å². The number of rotatable bonds is 3. The quantitative estimate of drug-likeness (QED) is 0.654. The summed E-state index contributed by atoms with van der Waals surface area (Å²) in [6, 6.07) is 0. The molecule has 0 saturated heterocycles. The fourth-order valence-corrected chi connectivity index (χ4v) is 1.88. The number of aryl methyl sites for hydroxylation is 1. The monoisotopic (exact) mass is 178 g/mol. The largest absolute Gasteiger partial charge is 0.338 e. The standard InChI is InChI=1S/C10H14N2O/c1-12-8-11-6-9(12)5-10(7-13)3-2-4-10/h6-8H,2-5H2,1H3. The highest BCUT2D eigenvalue weighted by Gasteiger charge is 2.37. The molecule has 3 heteroatoms. The molecular weight excluding hydrogens is 164 g/mol. The van der Waals surface area contributed by atoms with Crippen molar-refractivity contribution in [1.82, 2.24) is 9.55 Å². The van der Waals surface area contributed by atoms with E-state index in [-0.39, 0.29) is 5.41 Å². The SMILES string of the molecule is Cn1cncc1CC1(C=O)CCC1.